The molecule has 11 heavy (non-hydrogen) atoms. The molecule has 0 rings (SSSR count). The lowest BCUT2D eigenvalue weighted by atomic mass is 9.83. The molecule has 0 aliphatic heterocycles. The average molecular weight is 156 g/mol. The van der Waals surface area contributed by atoms with Crippen molar-refractivity contribution in [2.45, 2.75) is 26.1 Å². The quantitative estimate of drug-likeness (QED) is 0.325. The van der Waals surface area contributed by atoms with Crippen LogP contribution in [0.3, 0.4) is 0 Å². The minimum absolute atomic E-state index is 0.0662. The molecule has 0 N–H and O–H groups in total. The van der Waals surface area contributed by atoms with Crippen LogP contribution in [0.5, 0.6) is 0 Å². The molecular formula is C7H13BO3. The summed E-state index contributed by atoms with van der Waals surface area (Å²) in [6, 6.07) is 0. The van der Waals surface area contributed by atoms with E-state index in [0.717, 1.165) is 0 Å². The summed E-state index contributed by atoms with van der Waals surface area (Å²) in [5, 5.41) is 0. The van der Waals surface area contributed by atoms with Crippen molar-refractivity contribution < 1.29 is 14.3 Å². The molecule has 0 aromatic rings. The Hall–Kier alpha value is -0.795. The number of carbonyl (C=O) groups is 2. The van der Waals surface area contributed by atoms with Gasteiger partial charge in [0.2, 0.25) is 0 Å². The lowest BCUT2D eigenvalue weighted by Gasteiger charge is -2.06. The third kappa shape index (κ3) is 3.21. The number of ketones is 1. The van der Waals surface area contributed by atoms with Gasteiger partial charge in [0.05, 0.1) is 12.4 Å². The van der Waals surface area contributed by atoms with Gasteiger partial charge in [0, 0.05) is 6.42 Å². The van der Waals surface area contributed by atoms with E-state index in [1.54, 1.807) is 21.7 Å². The van der Waals surface area contributed by atoms with Crippen molar-refractivity contribution in [1.82, 2.24) is 0 Å². The number of hydrogen-bond donors (Lipinski definition) is 0. The second-order valence-electron chi connectivity index (χ2n) is 2.29. The highest BCUT2D eigenvalue weighted by atomic mass is 16.5. The molecule has 4 heteroatoms. The van der Waals surface area contributed by atoms with E-state index in [4.69, 9.17) is 0 Å². The van der Waals surface area contributed by atoms with Crippen molar-refractivity contribution in [3.63, 3.8) is 0 Å². The van der Waals surface area contributed by atoms with Gasteiger partial charge in [-0.2, -0.15) is 0 Å². The molecule has 0 aromatic carbocycles. The average Bonchev–Trinajstić information content (AvgIpc) is 2.02. The molecule has 1 unspecified atom stereocenters. The van der Waals surface area contributed by atoms with Crippen molar-refractivity contribution in [2.75, 3.05) is 6.61 Å². The molecule has 0 heterocycles. The predicted octanol–water partition coefficient (Wildman–Crippen LogP) is -0.0498. The van der Waals surface area contributed by atoms with Gasteiger partial charge >= 0.3 is 5.97 Å². The third-order valence-electron chi connectivity index (χ3n) is 1.47. The van der Waals surface area contributed by atoms with Crippen molar-refractivity contribution in [3.8, 4) is 0 Å². The zero-order valence-electron chi connectivity index (χ0n) is 7.22. The number of esters is 1. The Balaban J connectivity index is 3.91. The van der Waals surface area contributed by atoms with Gasteiger partial charge < -0.3 is 4.74 Å². The fourth-order valence-corrected chi connectivity index (χ4v) is 0.705. The topological polar surface area (TPSA) is 43.4 Å². The molecular weight excluding hydrogens is 143 g/mol. The molecule has 0 amide bonds. The van der Waals surface area contributed by atoms with Gasteiger partial charge in [-0.25, -0.2) is 0 Å². The van der Waals surface area contributed by atoms with Gasteiger partial charge in [0.1, 0.15) is 13.6 Å². The molecule has 0 radical (unpaired) electrons. The summed E-state index contributed by atoms with van der Waals surface area (Å²) in [6.07, 6.45) is 0.389. The third-order valence-corrected chi connectivity index (χ3v) is 1.47. The SMILES string of the molecule is BC(C(=O)CC)C(=O)OCC. The Kier molecular flexibility index (Phi) is 4.58. The smallest absolute Gasteiger partial charge is 0.308 e. The van der Waals surface area contributed by atoms with Gasteiger partial charge in [0.25, 0.3) is 0 Å². The lowest BCUT2D eigenvalue weighted by molar-refractivity contribution is -0.145. The Morgan fingerprint density at radius 1 is 1.45 bits per heavy atom. The van der Waals surface area contributed by atoms with E-state index < -0.39 is 11.8 Å². The summed E-state index contributed by atoms with van der Waals surface area (Å²) in [7, 11) is 1.57. The maximum atomic E-state index is 10.9. The monoisotopic (exact) mass is 156 g/mol. The maximum absolute atomic E-state index is 10.9. The Bertz CT molecular complexity index is 156. The number of ether oxygens (including phenoxy) is 1. The number of carbonyl (C=O) groups excluding carboxylic acids is 2. The second kappa shape index (κ2) is 4.94. The van der Waals surface area contributed by atoms with E-state index in [-0.39, 0.29) is 5.78 Å². The van der Waals surface area contributed by atoms with Gasteiger partial charge in [-0.3, -0.25) is 9.59 Å². The minimum atomic E-state index is -0.597. The largest absolute Gasteiger partial charge is 0.466 e. The normalized spacial score (nSPS) is 12.2. The van der Waals surface area contributed by atoms with E-state index in [2.05, 4.69) is 4.74 Å². The standard InChI is InChI=1S/C7H13BO3/c1-3-5(9)6(8)7(10)11-4-2/h6H,3-4,8H2,1-2H3. The van der Waals surface area contributed by atoms with Crippen LogP contribution in [0.4, 0.5) is 0 Å². The van der Waals surface area contributed by atoms with E-state index >= 15 is 0 Å². The molecule has 0 aliphatic rings. The van der Waals surface area contributed by atoms with Gasteiger partial charge in [-0.05, 0) is 6.92 Å². The lowest BCUT2D eigenvalue weighted by Crippen LogP contribution is -2.20. The number of rotatable bonds is 4. The molecule has 0 spiro atoms. The van der Waals surface area contributed by atoms with Gasteiger partial charge in [0.15, 0.2) is 0 Å². The van der Waals surface area contributed by atoms with E-state index in [1.807, 2.05) is 0 Å². The highest BCUT2D eigenvalue weighted by molar-refractivity contribution is 6.35. The minimum Gasteiger partial charge on any atom is -0.466 e. The molecule has 0 aliphatic carbocycles. The highest BCUT2D eigenvalue weighted by Crippen LogP contribution is 2.05. The second-order valence-corrected chi connectivity index (χ2v) is 2.29. The molecule has 0 bridgehead atoms. The molecule has 3 nitrogen and oxygen atoms in total. The van der Waals surface area contributed by atoms with Crippen LogP contribution in [0.2, 0.25) is 5.82 Å². The highest BCUT2D eigenvalue weighted by Gasteiger charge is 2.20. The Labute approximate surface area is 67.5 Å². The summed E-state index contributed by atoms with van der Waals surface area (Å²) in [4.78, 5) is 21.8. The van der Waals surface area contributed by atoms with Crippen LogP contribution in [0, 0.1) is 0 Å². The molecule has 1 atom stereocenters. The Morgan fingerprint density at radius 3 is 2.36 bits per heavy atom. The first-order chi connectivity index (χ1) is 5.13. The number of hydrogen-bond acceptors (Lipinski definition) is 3. The van der Waals surface area contributed by atoms with Crippen molar-refractivity contribution >= 4 is 19.6 Å². The van der Waals surface area contributed by atoms with Crippen LogP contribution < -0.4 is 0 Å². The summed E-state index contributed by atoms with van der Waals surface area (Å²) in [5.41, 5.74) is 0. The Morgan fingerprint density at radius 2 is 2.00 bits per heavy atom. The molecule has 0 saturated carbocycles. The van der Waals surface area contributed by atoms with Crippen LogP contribution in [0.25, 0.3) is 0 Å². The van der Waals surface area contributed by atoms with Gasteiger partial charge in [-0.1, -0.05) is 6.92 Å². The van der Waals surface area contributed by atoms with Gasteiger partial charge in [-0.15, -0.1) is 0 Å². The van der Waals surface area contributed by atoms with Crippen LogP contribution in [-0.4, -0.2) is 26.2 Å². The predicted molar refractivity (Wildman–Crippen MR) is 44.2 cm³/mol. The molecule has 0 fully saturated rings. The zero-order chi connectivity index (χ0) is 8.85. The maximum Gasteiger partial charge on any atom is 0.308 e. The molecule has 62 valence electrons. The summed E-state index contributed by atoms with van der Waals surface area (Å²) in [6.45, 7) is 3.79. The molecule has 0 saturated heterocycles. The summed E-state index contributed by atoms with van der Waals surface area (Å²) < 4.78 is 4.67. The van der Waals surface area contributed by atoms with E-state index in [0.29, 0.717) is 13.0 Å². The van der Waals surface area contributed by atoms with Crippen LogP contribution in [0.15, 0.2) is 0 Å². The summed E-state index contributed by atoms with van der Waals surface area (Å²) >= 11 is 0. The van der Waals surface area contributed by atoms with Crippen molar-refractivity contribution in [1.29, 1.82) is 0 Å². The van der Waals surface area contributed by atoms with E-state index in [1.165, 1.54) is 0 Å². The van der Waals surface area contributed by atoms with E-state index in [9.17, 15) is 9.59 Å². The first-order valence-corrected chi connectivity index (χ1v) is 3.82. The van der Waals surface area contributed by atoms with Crippen LogP contribution in [-0.2, 0) is 14.3 Å². The zero-order valence-corrected chi connectivity index (χ0v) is 7.22. The molecule has 0 aromatic heterocycles. The fourth-order valence-electron chi connectivity index (χ4n) is 0.705. The first kappa shape index (κ1) is 10.2. The van der Waals surface area contributed by atoms with Crippen LogP contribution in [0.1, 0.15) is 20.3 Å². The summed E-state index contributed by atoms with van der Waals surface area (Å²) in [5.74, 6) is -1.08. The number of Topliss-reactive ketones (excluding diaryl/α,β-unsaturated/α-hetero) is 1. The van der Waals surface area contributed by atoms with Crippen molar-refractivity contribution in [3.05, 3.63) is 0 Å². The first-order valence-electron chi connectivity index (χ1n) is 3.82. The van der Waals surface area contributed by atoms with Crippen LogP contribution >= 0.6 is 0 Å². The fraction of sp³-hybridized carbons (Fsp3) is 0.714. The van der Waals surface area contributed by atoms with Crippen molar-refractivity contribution in [2.24, 2.45) is 0 Å².